The molecular weight excluding hydrogens is 321 g/mol. The molecule has 0 fully saturated rings. The Morgan fingerprint density at radius 3 is 2.40 bits per heavy atom. The van der Waals surface area contributed by atoms with Crippen molar-refractivity contribution in [3.05, 3.63) is 58.9 Å². The third kappa shape index (κ3) is 1.95. The summed E-state index contributed by atoms with van der Waals surface area (Å²) in [5.74, 6) is 1.01. The van der Waals surface area contributed by atoms with Gasteiger partial charge in [0, 0.05) is 12.1 Å². The van der Waals surface area contributed by atoms with Gasteiger partial charge in [0.1, 0.15) is 5.82 Å². The van der Waals surface area contributed by atoms with Crippen LogP contribution in [0.3, 0.4) is 0 Å². The number of aryl methyl sites for hydroxylation is 1. The second-order valence-corrected chi connectivity index (χ2v) is 6.29. The van der Waals surface area contributed by atoms with Crippen molar-refractivity contribution in [3.63, 3.8) is 0 Å². The summed E-state index contributed by atoms with van der Waals surface area (Å²) in [6, 6.07) is 10.2. The highest BCUT2D eigenvalue weighted by atomic mass is 19.1. The van der Waals surface area contributed by atoms with Gasteiger partial charge in [-0.25, -0.2) is 4.39 Å². The van der Waals surface area contributed by atoms with Crippen LogP contribution in [0, 0.1) is 12.7 Å². The molecule has 0 saturated heterocycles. The fraction of sp³-hybridized carbons (Fsp3) is 0.150. The molecule has 124 valence electrons. The maximum atomic E-state index is 13.4. The number of carbonyl (C=O) groups excluding carboxylic acids is 1. The summed E-state index contributed by atoms with van der Waals surface area (Å²) < 4.78 is 24.4. The van der Waals surface area contributed by atoms with Gasteiger partial charge in [-0.1, -0.05) is 12.1 Å². The molecule has 25 heavy (non-hydrogen) atoms. The summed E-state index contributed by atoms with van der Waals surface area (Å²) in [6.07, 6.45) is 0. The molecule has 1 N–H and O–H groups in total. The molecule has 1 amide bonds. The zero-order valence-corrected chi connectivity index (χ0v) is 13.5. The summed E-state index contributed by atoms with van der Waals surface area (Å²) in [5.41, 5.74) is 4.38. The number of carbonyl (C=O) groups is 1. The Morgan fingerprint density at radius 2 is 1.68 bits per heavy atom. The first-order chi connectivity index (χ1) is 12.1. The molecular formula is C20H14FNO3. The number of amides is 1. The molecule has 4 nitrogen and oxygen atoms in total. The maximum absolute atomic E-state index is 13.4. The van der Waals surface area contributed by atoms with Crippen LogP contribution in [0.25, 0.3) is 21.9 Å². The largest absolute Gasteiger partial charge is 0.454 e. The van der Waals surface area contributed by atoms with Gasteiger partial charge in [0.15, 0.2) is 11.5 Å². The van der Waals surface area contributed by atoms with Gasteiger partial charge in [0.05, 0.1) is 0 Å². The summed E-state index contributed by atoms with van der Waals surface area (Å²) in [5, 5.41) is 4.82. The molecule has 2 aliphatic heterocycles. The first-order valence-corrected chi connectivity index (χ1v) is 8.06. The van der Waals surface area contributed by atoms with Crippen LogP contribution in [0.4, 0.5) is 4.39 Å². The van der Waals surface area contributed by atoms with E-state index >= 15 is 0 Å². The molecule has 5 heteroatoms. The highest BCUT2D eigenvalue weighted by Crippen LogP contribution is 2.44. The fourth-order valence-electron chi connectivity index (χ4n) is 3.80. The quantitative estimate of drug-likeness (QED) is 0.733. The molecule has 0 aliphatic carbocycles. The number of hydrogen-bond acceptors (Lipinski definition) is 3. The lowest BCUT2D eigenvalue weighted by Gasteiger charge is -2.16. The van der Waals surface area contributed by atoms with Gasteiger partial charge in [0.2, 0.25) is 6.79 Å². The van der Waals surface area contributed by atoms with E-state index in [1.165, 1.54) is 12.1 Å². The van der Waals surface area contributed by atoms with Gasteiger partial charge < -0.3 is 14.8 Å². The second kappa shape index (κ2) is 4.96. The van der Waals surface area contributed by atoms with Crippen molar-refractivity contribution in [1.29, 1.82) is 0 Å². The Hall–Kier alpha value is -3.08. The Balaban J connectivity index is 1.93. The first kappa shape index (κ1) is 14.3. The molecule has 0 saturated carbocycles. The van der Waals surface area contributed by atoms with Crippen molar-refractivity contribution in [1.82, 2.24) is 5.32 Å². The van der Waals surface area contributed by atoms with E-state index in [-0.39, 0.29) is 18.5 Å². The second-order valence-electron chi connectivity index (χ2n) is 6.29. The number of rotatable bonds is 1. The van der Waals surface area contributed by atoms with E-state index in [9.17, 15) is 9.18 Å². The van der Waals surface area contributed by atoms with Crippen LogP contribution in [0.1, 0.15) is 21.5 Å². The van der Waals surface area contributed by atoms with Gasteiger partial charge in [0.25, 0.3) is 5.91 Å². The van der Waals surface area contributed by atoms with Crippen LogP contribution in [0.15, 0.2) is 36.4 Å². The van der Waals surface area contributed by atoms with E-state index in [0.29, 0.717) is 23.6 Å². The van der Waals surface area contributed by atoms with Gasteiger partial charge in [-0.2, -0.15) is 0 Å². The van der Waals surface area contributed by atoms with Gasteiger partial charge >= 0.3 is 0 Å². The number of nitrogens with one attached hydrogen (secondary N) is 1. The predicted molar refractivity (Wildman–Crippen MR) is 91.4 cm³/mol. The standard InChI is InChI=1S/C20H14FNO3/c1-10-13-6-16-17(25-9-24-16)7-14(13)19(11-2-4-12(21)5-3-11)15-8-22-20(23)18(10)15/h2-7H,8-9H2,1H3,(H,22,23). The lowest BCUT2D eigenvalue weighted by molar-refractivity contribution is 0.0965. The molecule has 0 aromatic heterocycles. The van der Waals surface area contributed by atoms with Gasteiger partial charge in [-0.15, -0.1) is 0 Å². The van der Waals surface area contributed by atoms with Crippen LogP contribution in [0.2, 0.25) is 0 Å². The minimum absolute atomic E-state index is 0.0737. The maximum Gasteiger partial charge on any atom is 0.252 e. The average Bonchev–Trinajstić information content (AvgIpc) is 3.22. The van der Waals surface area contributed by atoms with Crippen LogP contribution in [0.5, 0.6) is 11.5 Å². The Bertz CT molecular complexity index is 1060. The van der Waals surface area contributed by atoms with E-state index in [4.69, 9.17) is 9.47 Å². The zero-order chi connectivity index (χ0) is 17.1. The number of hydrogen-bond donors (Lipinski definition) is 1. The van der Waals surface area contributed by atoms with Crippen molar-refractivity contribution in [2.45, 2.75) is 13.5 Å². The third-order valence-corrected chi connectivity index (χ3v) is 4.95. The van der Waals surface area contributed by atoms with Crippen LogP contribution in [-0.2, 0) is 6.54 Å². The SMILES string of the molecule is Cc1c2c(c(-c3ccc(F)cc3)c3cc4c(cc13)OCO4)CNC2=O. The normalized spacial score (nSPS) is 14.7. The fourth-order valence-corrected chi connectivity index (χ4v) is 3.80. The van der Waals surface area contributed by atoms with Crippen molar-refractivity contribution in [2.75, 3.05) is 6.79 Å². The predicted octanol–water partition coefficient (Wildman–Crippen LogP) is 3.93. The molecule has 3 aromatic rings. The molecule has 2 heterocycles. The topological polar surface area (TPSA) is 47.6 Å². The summed E-state index contributed by atoms with van der Waals surface area (Å²) in [7, 11) is 0. The average molecular weight is 335 g/mol. The van der Waals surface area contributed by atoms with Crippen molar-refractivity contribution < 1.29 is 18.7 Å². The number of halogens is 1. The minimum Gasteiger partial charge on any atom is -0.454 e. The Labute approximate surface area is 143 Å². The molecule has 2 aliphatic rings. The summed E-state index contributed by atoms with van der Waals surface area (Å²) in [6.45, 7) is 2.60. The van der Waals surface area contributed by atoms with E-state index in [2.05, 4.69) is 5.32 Å². The smallest absolute Gasteiger partial charge is 0.252 e. The Morgan fingerprint density at radius 1 is 1.00 bits per heavy atom. The van der Waals surface area contributed by atoms with Crippen LogP contribution < -0.4 is 14.8 Å². The highest BCUT2D eigenvalue weighted by Gasteiger charge is 2.29. The van der Waals surface area contributed by atoms with Crippen LogP contribution in [-0.4, -0.2) is 12.7 Å². The molecule has 3 aromatic carbocycles. The molecule has 5 rings (SSSR count). The molecule has 0 radical (unpaired) electrons. The van der Waals surface area contributed by atoms with E-state index in [1.807, 2.05) is 19.1 Å². The van der Waals surface area contributed by atoms with Crippen LogP contribution >= 0.6 is 0 Å². The lowest BCUT2D eigenvalue weighted by Crippen LogP contribution is -2.13. The highest BCUT2D eigenvalue weighted by molar-refractivity contribution is 6.12. The van der Waals surface area contributed by atoms with E-state index < -0.39 is 0 Å². The minimum atomic E-state index is -0.288. The van der Waals surface area contributed by atoms with Crippen molar-refractivity contribution in [3.8, 4) is 22.6 Å². The zero-order valence-electron chi connectivity index (χ0n) is 13.5. The number of benzene rings is 3. The molecule has 0 atom stereocenters. The first-order valence-electron chi connectivity index (χ1n) is 8.06. The van der Waals surface area contributed by atoms with Gasteiger partial charge in [-0.3, -0.25) is 4.79 Å². The monoisotopic (exact) mass is 335 g/mol. The van der Waals surface area contributed by atoms with E-state index in [1.54, 1.807) is 12.1 Å². The summed E-state index contributed by atoms with van der Waals surface area (Å²) >= 11 is 0. The van der Waals surface area contributed by atoms with E-state index in [0.717, 1.165) is 33.0 Å². The van der Waals surface area contributed by atoms with Gasteiger partial charge in [-0.05, 0) is 64.2 Å². The number of ether oxygens (including phenoxy) is 2. The van der Waals surface area contributed by atoms with Crippen molar-refractivity contribution >= 4 is 16.7 Å². The molecule has 0 unspecified atom stereocenters. The Kier molecular flexibility index (Phi) is 2.83. The summed E-state index contributed by atoms with van der Waals surface area (Å²) in [4.78, 5) is 12.4. The third-order valence-electron chi connectivity index (χ3n) is 4.95. The number of fused-ring (bicyclic) bond motifs is 3. The molecule has 0 spiro atoms. The lowest BCUT2D eigenvalue weighted by atomic mass is 9.87. The molecule has 0 bridgehead atoms. The van der Waals surface area contributed by atoms with Crippen molar-refractivity contribution in [2.24, 2.45) is 0 Å².